The number of hydrogen-bond acceptors (Lipinski definition) is 2. The number of rotatable bonds is 3. The number of aliphatic carboxylic acids is 1. The van der Waals surface area contributed by atoms with Crippen LogP contribution in [0.15, 0.2) is 42.5 Å². The summed E-state index contributed by atoms with van der Waals surface area (Å²) < 4.78 is 5.21. The van der Waals surface area contributed by atoms with Gasteiger partial charge in [0.1, 0.15) is 5.75 Å². The maximum Gasteiger partial charge on any atom is 0.330 e. The largest absolute Gasteiger partial charge is 0.494 e. The van der Waals surface area contributed by atoms with E-state index in [1.54, 1.807) is 0 Å². The van der Waals surface area contributed by atoms with Crippen LogP contribution in [0.1, 0.15) is 13.8 Å². The summed E-state index contributed by atoms with van der Waals surface area (Å²) in [6.45, 7) is 7.32. The number of ether oxygens (including phenoxy) is 1. The maximum atomic E-state index is 9.60. The minimum Gasteiger partial charge on any atom is -0.494 e. The topological polar surface area (TPSA) is 46.5 Å². The molecule has 3 nitrogen and oxygen atoms in total. The van der Waals surface area contributed by atoms with E-state index in [1.807, 2.05) is 37.3 Å². The Morgan fingerprint density at radius 2 is 1.87 bits per heavy atom. The quantitative estimate of drug-likeness (QED) is 0.777. The molecule has 0 aliphatic heterocycles. The van der Waals surface area contributed by atoms with E-state index in [4.69, 9.17) is 9.84 Å². The highest BCUT2D eigenvalue weighted by Crippen LogP contribution is 2.06. The van der Waals surface area contributed by atoms with Gasteiger partial charge in [0, 0.05) is 5.57 Å². The number of carboxylic acids is 1. The second kappa shape index (κ2) is 7.62. The summed E-state index contributed by atoms with van der Waals surface area (Å²) in [5, 5.41) is 7.89. The van der Waals surface area contributed by atoms with Crippen LogP contribution in [-0.2, 0) is 4.79 Å². The Hall–Kier alpha value is -1.77. The Morgan fingerprint density at radius 3 is 2.20 bits per heavy atom. The van der Waals surface area contributed by atoms with Crippen LogP contribution < -0.4 is 4.74 Å². The van der Waals surface area contributed by atoms with E-state index in [9.17, 15) is 4.79 Å². The second-order valence-electron chi connectivity index (χ2n) is 2.83. The van der Waals surface area contributed by atoms with E-state index < -0.39 is 5.97 Å². The molecule has 15 heavy (non-hydrogen) atoms. The SMILES string of the molecule is C=C(C)C(=O)O.CCOc1ccccc1. The molecule has 82 valence electrons. The normalized spacial score (nSPS) is 8.40. The van der Waals surface area contributed by atoms with Gasteiger partial charge in [-0.15, -0.1) is 0 Å². The molecule has 0 aliphatic carbocycles. The first-order valence-corrected chi connectivity index (χ1v) is 4.64. The molecule has 0 saturated carbocycles. The zero-order valence-corrected chi connectivity index (χ0v) is 9.06. The van der Waals surface area contributed by atoms with Crippen molar-refractivity contribution in [2.24, 2.45) is 0 Å². The van der Waals surface area contributed by atoms with Gasteiger partial charge >= 0.3 is 5.97 Å². The van der Waals surface area contributed by atoms with Crippen molar-refractivity contribution < 1.29 is 14.6 Å². The molecule has 0 aromatic heterocycles. The van der Waals surface area contributed by atoms with Crippen molar-refractivity contribution in [3.8, 4) is 5.75 Å². The summed E-state index contributed by atoms with van der Waals surface area (Å²) >= 11 is 0. The Labute approximate surface area is 90.0 Å². The summed E-state index contributed by atoms with van der Waals surface area (Å²) in [5.74, 6) is 0.00926. The molecule has 0 saturated heterocycles. The summed E-state index contributed by atoms with van der Waals surface area (Å²) in [6, 6.07) is 9.80. The van der Waals surface area contributed by atoms with E-state index in [2.05, 4.69) is 6.58 Å². The van der Waals surface area contributed by atoms with Gasteiger partial charge in [0.15, 0.2) is 0 Å². The third-order valence-corrected chi connectivity index (χ3v) is 1.42. The van der Waals surface area contributed by atoms with Gasteiger partial charge in [0.2, 0.25) is 0 Å². The van der Waals surface area contributed by atoms with E-state index in [1.165, 1.54) is 6.92 Å². The number of carbonyl (C=O) groups is 1. The summed E-state index contributed by atoms with van der Waals surface area (Å²) in [7, 11) is 0. The Kier molecular flexibility index (Phi) is 6.72. The van der Waals surface area contributed by atoms with Gasteiger partial charge in [-0.3, -0.25) is 0 Å². The highest BCUT2D eigenvalue weighted by atomic mass is 16.5. The average Bonchev–Trinajstić information content (AvgIpc) is 2.20. The van der Waals surface area contributed by atoms with Crippen LogP contribution in [0.4, 0.5) is 0 Å². The first-order valence-electron chi connectivity index (χ1n) is 4.64. The lowest BCUT2D eigenvalue weighted by atomic mass is 10.3. The fourth-order valence-corrected chi connectivity index (χ4v) is 0.683. The van der Waals surface area contributed by atoms with E-state index in [0.29, 0.717) is 0 Å². The molecule has 0 amide bonds. The van der Waals surface area contributed by atoms with Gasteiger partial charge in [0.05, 0.1) is 6.61 Å². The van der Waals surface area contributed by atoms with Crippen LogP contribution in [-0.4, -0.2) is 17.7 Å². The highest BCUT2D eigenvalue weighted by Gasteiger charge is 1.90. The highest BCUT2D eigenvalue weighted by molar-refractivity contribution is 5.84. The molecule has 1 N–H and O–H groups in total. The maximum absolute atomic E-state index is 9.60. The van der Waals surface area contributed by atoms with Crippen molar-refractivity contribution in [1.82, 2.24) is 0 Å². The standard InChI is InChI=1S/C8H10O.C4H6O2/c1-2-9-8-6-4-3-5-7-8;1-3(2)4(5)6/h3-7H,2H2,1H3;1H2,2H3,(H,5,6). The number of carboxylic acid groups (broad SMARTS) is 1. The molecular weight excluding hydrogens is 192 g/mol. The van der Waals surface area contributed by atoms with Crippen LogP contribution in [0.5, 0.6) is 5.75 Å². The van der Waals surface area contributed by atoms with Crippen molar-refractivity contribution in [3.63, 3.8) is 0 Å². The van der Waals surface area contributed by atoms with Crippen LogP contribution in [0.2, 0.25) is 0 Å². The molecule has 1 rings (SSSR count). The van der Waals surface area contributed by atoms with E-state index >= 15 is 0 Å². The van der Waals surface area contributed by atoms with Crippen molar-refractivity contribution in [2.75, 3.05) is 6.61 Å². The Morgan fingerprint density at radius 1 is 1.40 bits per heavy atom. The molecule has 0 unspecified atom stereocenters. The number of para-hydroxylation sites is 1. The minimum absolute atomic E-state index is 0.176. The lowest BCUT2D eigenvalue weighted by Gasteiger charge is -1.99. The number of hydrogen-bond donors (Lipinski definition) is 1. The summed E-state index contributed by atoms with van der Waals surface area (Å²) in [6.07, 6.45) is 0. The van der Waals surface area contributed by atoms with Crippen LogP contribution in [0.3, 0.4) is 0 Å². The van der Waals surface area contributed by atoms with Gasteiger partial charge in [-0.05, 0) is 26.0 Å². The van der Waals surface area contributed by atoms with Gasteiger partial charge in [0.25, 0.3) is 0 Å². The third-order valence-electron chi connectivity index (χ3n) is 1.42. The molecule has 0 spiro atoms. The minimum atomic E-state index is -0.935. The average molecular weight is 208 g/mol. The first-order chi connectivity index (χ1) is 7.07. The molecular formula is C12H16O3. The van der Waals surface area contributed by atoms with Gasteiger partial charge < -0.3 is 9.84 Å². The molecule has 1 aromatic carbocycles. The summed E-state index contributed by atoms with van der Waals surface area (Å²) in [4.78, 5) is 9.60. The van der Waals surface area contributed by atoms with Crippen molar-refractivity contribution in [2.45, 2.75) is 13.8 Å². The monoisotopic (exact) mass is 208 g/mol. The Balaban J connectivity index is 0.000000288. The summed E-state index contributed by atoms with van der Waals surface area (Å²) in [5.41, 5.74) is 0.176. The van der Waals surface area contributed by atoms with Crippen molar-refractivity contribution in [3.05, 3.63) is 42.5 Å². The van der Waals surface area contributed by atoms with E-state index in [-0.39, 0.29) is 5.57 Å². The smallest absolute Gasteiger partial charge is 0.330 e. The fourth-order valence-electron chi connectivity index (χ4n) is 0.683. The molecule has 0 atom stereocenters. The van der Waals surface area contributed by atoms with Gasteiger partial charge in [-0.25, -0.2) is 4.79 Å². The van der Waals surface area contributed by atoms with Crippen LogP contribution >= 0.6 is 0 Å². The zero-order chi connectivity index (χ0) is 11.7. The van der Waals surface area contributed by atoms with Crippen LogP contribution in [0.25, 0.3) is 0 Å². The van der Waals surface area contributed by atoms with E-state index in [0.717, 1.165) is 12.4 Å². The van der Waals surface area contributed by atoms with Crippen molar-refractivity contribution >= 4 is 5.97 Å². The molecule has 0 aliphatic rings. The molecule has 3 heteroatoms. The molecule has 0 bridgehead atoms. The predicted molar refractivity (Wildman–Crippen MR) is 60.1 cm³/mol. The third kappa shape index (κ3) is 7.31. The lowest BCUT2D eigenvalue weighted by Crippen LogP contribution is -1.92. The molecule has 0 heterocycles. The first kappa shape index (κ1) is 13.2. The lowest BCUT2D eigenvalue weighted by molar-refractivity contribution is -0.132. The van der Waals surface area contributed by atoms with Gasteiger partial charge in [-0.2, -0.15) is 0 Å². The van der Waals surface area contributed by atoms with Crippen LogP contribution in [0, 0.1) is 0 Å². The second-order valence-corrected chi connectivity index (χ2v) is 2.83. The number of benzene rings is 1. The zero-order valence-electron chi connectivity index (χ0n) is 9.06. The predicted octanol–water partition coefficient (Wildman–Crippen LogP) is 2.73. The van der Waals surface area contributed by atoms with Crippen molar-refractivity contribution in [1.29, 1.82) is 0 Å². The molecule has 0 radical (unpaired) electrons. The molecule has 0 fully saturated rings. The Bertz CT molecular complexity index is 292. The fraction of sp³-hybridized carbons (Fsp3) is 0.250. The molecule has 1 aromatic rings. The van der Waals surface area contributed by atoms with Gasteiger partial charge in [-0.1, -0.05) is 24.8 Å².